The zero-order valence-corrected chi connectivity index (χ0v) is 9.55. The minimum atomic E-state index is -0.486. The van der Waals surface area contributed by atoms with Crippen molar-refractivity contribution < 1.29 is 4.92 Å². The molecule has 0 spiro atoms. The van der Waals surface area contributed by atoms with Crippen LogP contribution in [0.5, 0.6) is 0 Å². The van der Waals surface area contributed by atoms with Crippen molar-refractivity contribution in [3.8, 4) is 0 Å². The van der Waals surface area contributed by atoms with E-state index < -0.39 is 4.92 Å². The predicted molar refractivity (Wildman–Crippen MR) is 60.5 cm³/mol. The Kier molecular flexibility index (Phi) is 3.90. The van der Waals surface area contributed by atoms with Crippen molar-refractivity contribution in [2.75, 3.05) is 0 Å². The maximum Gasteiger partial charge on any atom is 0.274 e. The molecule has 1 unspecified atom stereocenters. The average molecular weight is 249 g/mol. The molecule has 1 rings (SSSR count). The minimum Gasteiger partial charge on any atom is -0.328 e. The molecular formula is C9H10Cl2N2O2. The molecule has 0 amide bonds. The van der Waals surface area contributed by atoms with Gasteiger partial charge in [-0.3, -0.25) is 10.1 Å². The highest BCUT2D eigenvalue weighted by molar-refractivity contribution is 6.42. The first-order valence-electron chi connectivity index (χ1n) is 4.29. The fourth-order valence-electron chi connectivity index (χ4n) is 1.26. The largest absolute Gasteiger partial charge is 0.328 e. The number of nitrogens with two attached hydrogens (primary N) is 1. The average Bonchev–Trinajstić information content (AvgIpc) is 2.09. The molecule has 0 bridgehead atoms. The van der Waals surface area contributed by atoms with Crippen LogP contribution in [0, 0.1) is 10.1 Å². The van der Waals surface area contributed by atoms with Crippen molar-refractivity contribution in [1.82, 2.24) is 0 Å². The number of nitro benzene ring substituents is 1. The number of hydrogen-bond donors (Lipinski definition) is 1. The summed E-state index contributed by atoms with van der Waals surface area (Å²) >= 11 is 11.5. The molecule has 0 fully saturated rings. The van der Waals surface area contributed by atoms with Gasteiger partial charge in [-0.2, -0.15) is 0 Å². The van der Waals surface area contributed by atoms with Gasteiger partial charge in [0.2, 0.25) is 0 Å². The van der Waals surface area contributed by atoms with Gasteiger partial charge in [0, 0.05) is 17.7 Å². The Labute approximate surface area is 97.1 Å². The maximum atomic E-state index is 10.7. The molecule has 0 saturated carbocycles. The van der Waals surface area contributed by atoms with E-state index in [1.807, 2.05) is 0 Å². The topological polar surface area (TPSA) is 69.2 Å². The molecule has 0 aliphatic heterocycles. The summed E-state index contributed by atoms with van der Waals surface area (Å²) in [7, 11) is 0. The highest BCUT2D eigenvalue weighted by Crippen LogP contribution is 2.30. The number of rotatable bonds is 3. The van der Waals surface area contributed by atoms with Gasteiger partial charge in [-0.25, -0.2) is 0 Å². The Morgan fingerprint density at radius 2 is 2.00 bits per heavy atom. The van der Waals surface area contributed by atoms with Gasteiger partial charge in [0.1, 0.15) is 0 Å². The lowest BCUT2D eigenvalue weighted by Crippen LogP contribution is -2.18. The zero-order chi connectivity index (χ0) is 11.6. The smallest absolute Gasteiger partial charge is 0.274 e. The van der Waals surface area contributed by atoms with Crippen LogP contribution >= 0.6 is 23.2 Å². The molecule has 82 valence electrons. The third-order valence-corrected chi connectivity index (χ3v) is 2.58. The lowest BCUT2D eigenvalue weighted by Gasteiger charge is -2.07. The molecule has 1 atom stereocenters. The second kappa shape index (κ2) is 4.79. The fraction of sp³-hybridized carbons (Fsp3) is 0.333. The lowest BCUT2D eigenvalue weighted by atomic mass is 10.1. The van der Waals surface area contributed by atoms with Crippen molar-refractivity contribution in [1.29, 1.82) is 0 Å². The molecule has 1 aromatic rings. The summed E-state index contributed by atoms with van der Waals surface area (Å²) in [5.41, 5.74) is 6.05. The summed E-state index contributed by atoms with van der Waals surface area (Å²) in [6.07, 6.45) is 0.396. The second-order valence-electron chi connectivity index (χ2n) is 3.33. The van der Waals surface area contributed by atoms with Crippen LogP contribution in [0.25, 0.3) is 0 Å². The van der Waals surface area contributed by atoms with Crippen molar-refractivity contribution in [2.45, 2.75) is 19.4 Å². The first kappa shape index (κ1) is 12.2. The number of nitro groups is 1. The van der Waals surface area contributed by atoms with Gasteiger partial charge >= 0.3 is 0 Å². The molecule has 0 aliphatic rings. The Hall–Kier alpha value is -0.840. The molecule has 1 aromatic carbocycles. The third kappa shape index (κ3) is 3.06. The first-order chi connectivity index (χ1) is 6.91. The van der Waals surface area contributed by atoms with E-state index in [2.05, 4.69) is 0 Å². The first-order valence-corrected chi connectivity index (χ1v) is 5.05. The second-order valence-corrected chi connectivity index (χ2v) is 4.15. The Bertz CT molecular complexity index is 394. The van der Waals surface area contributed by atoms with E-state index in [0.717, 1.165) is 0 Å². The van der Waals surface area contributed by atoms with E-state index >= 15 is 0 Å². The quantitative estimate of drug-likeness (QED) is 0.661. The predicted octanol–water partition coefficient (Wildman–Crippen LogP) is 2.79. The van der Waals surface area contributed by atoms with E-state index in [1.165, 1.54) is 12.1 Å². The van der Waals surface area contributed by atoms with Gasteiger partial charge < -0.3 is 5.73 Å². The Balaban J connectivity index is 3.22. The van der Waals surface area contributed by atoms with Gasteiger partial charge in [0.15, 0.2) is 0 Å². The van der Waals surface area contributed by atoms with E-state index in [4.69, 9.17) is 28.9 Å². The maximum absolute atomic E-state index is 10.7. The molecular weight excluding hydrogens is 239 g/mol. The highest BCUT2D eigenvalue weighted by atomic mass is 35.5. The molecule has 0 aromatic heterocycles. The molecule has 0 saturated heterocycles. The summed E-state index contributed by atoms with van der Waals surface area (Å²) in [6.45, 7) is 1.77. The van der Waals surface area contributed by atoms with Crippen LogP contribution in [0.2, 0.25) is 10.0 Å². The van der Waals surface area contributed by atoms with Crippen LogP contribution in [0.3, 0.4) is 0 Å². The number of halogens is 2. The van der Waals surface area contributed by atoms with Crippen LogP contribution in [0.4, 0.5) is 5.69 Å². The molecule has 4 nitrogen and oxygen atoms in total. The van der Waals surface area contributed by atoms with Gasteiger partial charge in [0.05, 0.1) is 15.0 Å². The highest BCUT2D eigenvalue weighted by Gasteiger charge is 2.17. The molecule has 0 radical (unpaired) electrons. The summed E-state index contributed by atoms with van der Waals surface area (Å²) in [4.78, 5) is 10.2. The normalized spacial score (nSPS) is 12.5. The van der Waals surface area contributed by atoms with Crippen LogP contribution < -0.4 is 5.73 Å². The van der Waals surface area contributed by atoms with Crippen LogP contribution in [-0.2, 0) is 6.42 Å². The lowest BCUT2D eigenvalue weighted by molar-refractivity contribution is -0.385. The van der Waals surface area contributed by atoms with E-state index in [0.29, 0.717) is 17.0 Å². The fourth-order valence-corrected chi connectivity index (χ4v) is 1.60. The van der Waals surface area contributed by atoms with Crippen molar-refractivity contribution in [3.63, 3.8) is 0 Å². The number of benzene rings is 1. The molecule has 15 heavy (non-hydrogen) atoms. The monoisotopic (exact) mass is 248 g/mol. The van der Waals surface area contributed by atoms with Crippen molar-refractivity contribution in [3.05, 3.63) is 37.9 Å². The van der Waals surface area contributed by atoms with E-state index in [-0.39, 0.29) is 16.8 Å². The zero-order valence-electron chi connectivity index (χ0n) is 8.04. The van der Waals surface area contributed by atoms with Gasteiger partial charge in [-0.15, -0.1) is 0 Å². The third-order valence-electron chi connectivity index (χ3n) is 1.86. The SMILES string of the molecule is CC(N)Cc1cc(Cl)c(Cl)cc1[N+](=O)[O-]. The summed E-state index contributed by atoms with van der Waals surface area (Å²) in [5.74, 6) is 0. The molecule has 0 aliphatic carbocycles. The van der Waals surface area contributed by atoms with E-state index in [1.54, 1.807) is 6.92 Å². The van der Waals surface area contributed by atoms with Gasteiger partial charge in [-0.05, 0) is 19.4 Å². The summed E-state index contributed by atoms with van der Waals surface area (Å²) in [6, 6.07) is 2.58. The van der Waals surface area contributed by atoms with Crippen LogP contribution in [-0.4, -0.2) is 11.0 Å². The van der Waals surface area contributed by atoms with Crippen LogP contribution in [0.1, 0.15) is 12.5 Å². The molecule has 0 heterocycles. The molecule has 6 heteroatoms. The minimum absolute atomic E-state index is 0.0401. The van der Waals surface area contributed by atoms with Crippen LogP contribution in [0.15, 0.2) is 12.1 Å². The van der Waals surface area contributed by atoms with E-state index in [9.17, 15) is 10.1 Å². The standard InChI is InChI=1S/C9H10Cl2N2O2/c1-5(12)2-6-3-7(10)8(11)4-9(6)13(14)15/h3-5H,2,12H2,1H3. The number of hydrogen-bond acceptors (Lipinski definition) is 3. The number of nitrogens with zero attached hydrogens (tertiary/aromatic N) is 1. The van der Waals surface area contributed by atoms with Gasteiger partial charge in [-0.1, -0.05) is 23.2 Å². The van der Waals surface area contributed by atoms with Crippen molar-refractivity contribution >= 4 is 28.9 Å². The summed E-state index contributed by atoms with van der Waals surface area (Å²) in [5, 5.41) is 11.2. The Morgan fingerprint density at radius 1 is 1.47 bits per heavy atom. The molecule has 2 N–H and O–H groups in total. The Morgan fingerprint density at radius 3 is 2.47 bits per heavy atom. The summed E-state index contributed by atoms with van der Waals surface area (Å²) < 4.78 is 0. The van der Waals surface area contributed by atoms with Crippen molar-refractivity contribution in [2.24, 2.45) is 5.73 Å². The van der Waals surface area contributed by atoms with Gasteiger partial charge in [0.25, 0.3) is 5.69 Å².